The van der Waals surface area contributed by atoms with E-state index in [9.17, 15) is 20.0 Å². The van der Waals surface area contributed by atoms with Gasteiger partial charge in [0.2, 0.25) is 11.7 Å². The molecule has 0 saturated heterocycles. The van der Waals surface area contributed by atoms with E-state index in [1.807, 2.05) is 31.2 Å². The molecule has 2 aromatic heterocycles. The van der Waals surface area contributed by atoms with Gasteiger partial charge in [0.05, 0.1) is 5.56 Å². The highest BCUT2D eigenvalue weighted by atomic mass is 16.3. The smallest absolute Gasteiger partial charge is 0.271 e. The molecule has 0 aliphatic carbocycles. The molecule has 0 unspecified atom stereocenters. The molecule has 1 aromatic carbocycles. The van der Waals surface area contributed by atoms with E-state index in [1.165, 1.54) is 6.92 Å². The van der Waals surface area contributed by atoms with Gasteiger partial charge in [-0.25, -0.2) is 0 Å². The van der Waals surface area contributed by atoms with Crippen LogP contribution in [0.2, 0.25) is 0 Å². The summed E-state index contributed by atoms with van der Waals surface area (Å²) in [6.45, 7) is 5.54. The Kier molecular flexibility index (Phi) is 5.36. The number of nitrogens with zero attached hydrogens (tertiary/aromatic N) is 2. The third-order valence-electron chi connectivity index (χ3n) is 5.06. The Labute approximate surface area is 162 Å². The van der Waals surface area contributed by atoms with Crippen LogP contribution in [0, 0.1) is 25.2 Å². The van der Waals surface area contributed by atoms with Crippen LogP contribution in [-0.4, -0.2) is 15.5 Å². The van der Waals surface area contributed by atoms with Crippen LogP contribution in [0.15, 0.2) is 33.5 Å². The highest BCUT2D eigenvalue weighted by Crippen LogP contribution is 2.31. The van der Waals surface area contributed by atoms with Gasteiger partial charge in [-0.3, -0.25) is 14.2 Å². The van der Waals surface area contributed by atoms with E-state index in [-0.39, 0.29) is 29.0 Å². The fourth-order valence-electron chi connectivity index (χ4n) is 3.45. The Hall–Kier alpha value is -3.33. The molecule has 2 heterocycles. The average Bonchev–Trinajstić information content (AvgIpc) is 3.02. The monoisotopic (exact) mass is 378 g/mol. The molecule has 3 aromatic rings. The number of aryl methyl sites for hydroxylation is 1. The zero-order valence-corrected chi connectivity index (χ0v) is 16.2. The van der Waals surface area contributed by atoms with Crippen molar-refractivity contribution in [2.45, 2.75) is 46.6 Å². The molecule has 3 rings (SSSR count). The molecule has 6 heteroatoms. The summed E-state index contributed by atoms with van der Waals surface area (Å²) in [4.78, 5) is 25.9. The van der Waals surface area contributed by atoms with Gasteiger partial charge in [-0.2, -0.15) is 5.26 Å². The van der Waals surface area contributed by atoms with E-state index in [4.69, 9.17) is 4.42 Å². The molecule has 1 N–H and O–H groups in total. The van der Waals surface area contributed by atoms with Gasteiger partial charge in [0.1, 0.15) is 17.2 Å². The molecule has 0 atom stereocenters. The highest BCUT2D eigenvalue weighted by Gasteiger charge is 2.28. The number of hydrogen-bond donors (Lipinski definition) is 1. The first-order chi connectivity index (χ1) is 13.4. The zero-order valence-electron chi connectivity index (χ0n) is 16.2. The Morgan fingerprint density at radius 1 is 1.21 bits per heavy atom. The normalized spacial score (nSPS) is 10.9. The fourth-order valence-corrected chi connectivity index (χ4v) is 3.45. The SMILES string of the molecule is CCCCCn1c(O)c(C(=O)c2oc3ccccc3c2C)c(C)c(C#N)c1=O. The van der Waals surface area contributed by atoms with E-state index in [2.05, 4.69) is 0 Å². The van der Waals surface area contributed by atoms with Crippen LogP contribution in [0.5, 0.6) is 5.88 Å². The largest absolute Gasteiger partial charge is 0.494 e. The van der Waals surface area contributed by atoms with E-state index >= 15 is 0 Å². The number of unbranched alkanes of at least 4 members (excludes halogenated alkanes) is 2. The second kappa shape index (κ2) is 7.73. The number of para-hydroxylation sites is 1. The minimum Gasteiger partial charge on any atom is -0.494 e. The van der Waals surface area contributed by atoms with Gasteiger partial charge in [-0.15, -0.1) is 0 Å². The molecule has 0 spiro atoms. The number of carbonyl (C=O) groups is 1. The molecule has 6 nitrogen and oxygen atoms in total. The number of aromatic nitrogens is 1. The molecule has 0 fully saturated rings. The first-order valence-corrected chi connectivity index (χ1v) is 9.31. The van der Waals surface area contributed by atoms with Crippen LogP contribution in [0.1, 0.15) is 59.0 Å². The maximum absolute atomic E-state index is 13.3. The number of ketones is 1. The summed E-state index contributed by atoms with van der Waals surface area (Å²) in [7, 11) is 0. The third kappa shape index (κ3) is 3.09. The van der Waals surface area contributed by atoms with E-state index < -0.39 is 17.2 Å². The summed E-state index contributed by atoms with van der Waals surface area (Å²) >= 11 is 0. The zero-order chi connectivity index (χ0) is 20.4. The number of fused-ring (bicyclic) bond motifs is 1. The number of rotatable bonds is 6. The van der Waals surface area contributed by atoms with Gasteiger partial charge in [-0.05, 0) is 31.9 Å². The topological polar surface area (TPSA) is 96.2 Å². The molecule has 0 saturated carbocycles. The maximum atomic E-state index is 13.3. The van der Waals surface area contributed by atoms with Crippen LogP contribution in [0.3, 0.4) is 0 Å². The van der Waals surface area contributed by atoms with Crippen molar-refractivity contribution in [3.63, 3.8) is 0 Å². The Morgan fingerprint density at radius 3 is 2.57 bits per heavy atom. The lowest BCUT2D eigenvalue weighted by atomic mass is 9.98. The van der Waals surface area contributed by atoms with Crippen LogP contribution in [0.25, 0.3) is 11.0 Å². The Bertz CT molecular complexity index is 1160. The fraction of sp³-hybridized carbons (Fsp3) is 0.318. The lowest BCUT2D eigenvalue weighted by Gasteiger charge is -2.15. The van der Waals surface area contributed by atoms with Gasteiger partial charge in [0, 0.05) is 17.5 Å². The number of nitriles is 1. The van der Waals surface area contributed by atoms with Crippen molar-refractivity contribution in [1.29, 1.82) is 5.26 Å². The summed E-state index contributed by atoms with van der Waals surface area (Å²) in [5.41, 5.74) is 0.619. The molecular formula is C22H22N2O4. The average molecular weight is 378 g/mol. The van der Waals surface area contributed by atoms with Gasteiger partial charge >= 0.3 is 0 Å². The van der Waals surface area contributed by atoms with Gasteiger partial charge in [-0.1, -0.05) is 38.0 Å². The van der Waals surface area contributed by atoms with E-state index in [0.717, 1.165) is 22.8 Å². The summed E-state index contributed by atoms with van der Waals surface area (Å²) in [5.74, 6) is -0.853. The highest BCUT2D eigenvalue weighted by molar-refractivity contribution is 6.12. The summed E-state index contributed by atoms with van der Waals surface area (Å²) in [6, 6.07) is 9.16. The third-order valence-corrected chi connectivity index (χ3v) is 5.06. The van der Waals surface area contributed by atoms with Gasteiger partial charge < -0.3 is 9.52 Å². The number of pyridine rings is 1. The molecule has 28 heavy (non-hydrogen) atoms. The second-order valence-electron chi connectivity index (χ2n) is 6.86. The number of carbonyl (C=O) groups excluding carboxylic acids is 1. The quantitative estimate of drug-likeness (QED) is 0.512. The first kappa shape index (κ1) is 19.4. The van der Waals surface area contributed by atoms with Crippen molar-refractivity contribution in [3.8, 4) is 11.9 Å². The molecular weight excluding hydrogens is 356 g/mol. The predicted octanol–water partition coefficient (Wildman–Crippen LogP) is 4.21. The van der Waals surface area contributed by atoms with Crippen LogP contribution >= 0.6 is 0 Å². The molecule has 0 aliphatic heterocycles. The van der Waals surface area contributed by atoms with Crippen molar-refractivity contribution >= 4 is 16.8 Å². The number of aromatic hydroxyl groups is 1. The van der Waals surface area contributed by atoms with Crippen molar-refractivity contribution in [1.82, 2.24) is 4.57 Å². The minimum absolute atomic E-state index is 0.0604. The van der Waals surface area contributed by atoms with Crippen LogP contribution in [0.4, 0.5) is 0 Å². The van der Waals surface area contributed by atoms with Crippen molar-refractivity contribution in [2.24, 2.45) is 0 Å². The van der Waals surface area contributed by atoms with Gasteiger partial charge in [0.15, 0.2) is 5.76 Å². The number of benzene rings is 1. The molecule has 0 aliphatic rings. The Balaban J connectivity index is 2.21. The van der Waals surface area contributed by atoms with Crippen LogP contribution < -0.4 is 5.56 Å². The van der Waals surface area contributed by atoms with Crippen molar-refractivity contribution < 1.29 is 14.3 Å². The van der Waals surface area contributed by atoms with Gasteiger partial charge in [0.25, 0.3) is 5.56 Å². The molecule has 0 bridgehead atoms. The van der Waals surface area contributed by atoms with Crippen molar-refractivity contribution in [3.05, 3.63) is 62.6 Å². The Morgan fingerprint density at radius 2 is 1.93 bits per heavy atom. The molecule has 144 valence electrons. The number of furan rings is 1. The lowest BCUT2D eigenvalue weighted by Crippen LogP contribution is -2.27. The standard InChI is InChI=1S/C22H22N2O4/c1-4-5-8-11-24-21(26)16(12-23)13(2)18(22(24)27)19(25)20-14(3)15-9-6-7-10-17(15)28-20/h6-7,9-10,27H,4-5,8,11H2,1-3H3. The first-order valence-electron chi connectivity index (χ1n) is 9.31. The summed E-state index contributed by atoms with van der Waals surface area (Å²) in [6.07, 6.45) is 2.47. The minimum atomic E-state index is -0.577. The lowest BCUT2D eigenvalue weighted by molar-refractivity contribution is 0.100. The summed E-state index contributed by atoms with van der Waals surface area (Å²) in [5, 5.41) is 21.0. The molecule has 0 amide bonds. The summed E-state index contributed by atoms with van der Waals surface area (Å²) < 4.78 is 6.85. The maximum Gasteiger partial charge on any atom is 0.271 e. The van der Waals surface area contributed by atoms with Crippen molar-refractivity contribution in [2.75, 3.05) is 0 Å². The number of hydrogen-bond acceptors (Lipinski definition) is 5. The van der Waals surface area contributed by atoms with E-state index in [0.29, 0.717) is 17.6 Å². The van der Waals surface area contributed by atoms with E-state index in [1.54, 1.807) is 13.0 Å². The van der Waals surface area contributed by atoms with Crippen LogP contribution in [-0.2, 0) is 6.54 Å². The molecule has 0 radical (unpaired) electrons. The second-order valence-corrected chi connectivity index (χ2v) is 6.86. The predicted molar refractivity (Wildman–Crippen MR) is 106 cm³/mol.